The Balaban J connectivity index is 1.41. The maximum Gasteiger partial charge on any atom is 0.401 e. The lowest BCUT2D eigenvalue weighted by Gasteiger charge is -2.21. The molecule has 2 aromatic heterocycles. The molecule has 1 amide bonds. The molecule has 0 bridgehead atoms. The van der Waals surface area contributed by atoms with Gasteiger partial charge in [-0.15, -0.1) is 0 Å². The van der Waals surface area contributed by atoms with Gasteiger partial charge in [-0.1, -0.05) is 42.0 Å². The van der Waals surface area contributed by atoms with Crippen LogP contribution in [0.15, 0.2) is 48.7 Å². The van der Waals surface area contributed by atoms with Gasteiger partial charge < -0.3 is 5.32 Å². The standard InChI is InChI=1S/C24H25F3N4OS/c1-3-30(15-24(25,26)27)11-5-10-28-22(32)18-8-9-20-21(13-18)33-23-29-19(14-31(20)23)17-7-4-6-16(2)12-17/h4,6-9,12-14H,3,5,10-11,15H2,1-2H3,(H,28,32). The summed E-state index contributed by atoms with van der Waals surface area (Å²) in [6.45, 7) is 3.73. The van der Waals surface area contributed by atoms with Crippen LogP contribution in [0.3, 0.4) is 0 Å². The maximum absolute atomic E-state index is 12.5. The van der Waals surface area contributed by atoms with Crippen LogP contribution in [0.25, 0.3) is 26.4 Å². The fourth-order valence-corrected chi connectivity index (χ4v) is 4.84. The number of carbonyl (C=O) groups is 1. The summed E-state index contributed by atoms with van der Waals surface area (Å²) in [4.78, 5) is 19.5. The van der Waals surface area contributed by atoms with E-state index in [9.17, 15) is 18.0 Å². The van der Waals surface area contributed by atoms with Gasteiger partial charge in [-0.25, -0.2) is 4.98 Å². The third-order valence-corrected chi connectivity index (χ3v) is 6.47. The summed E-state index contributed by atoms with van der Waals surface area (Å²) in [6, 6.07) is 13.7. The van der Waals surface area contributed by atoms with Crippen molar-refractivity contribution >= 4 is 32.4 Å². The minimum absolute atomic E-state index is 0.234. The summed E-state index contributed by atoms with van der Waals surface area (Å²) < 4.78 is 40.6. The third kappa shape index (κ3) is 5.54. The highest BCUT2D eigenvalue weighted by atomic mass is 32.1. The van der Waals surface area contributed by atoms with Gasteiger partial charge in [-0.05, 0) is 44.2 Å². The summed E-state index contributed by atoms with van der Waals surface area (Å²) in [5.41, 5.74) is 4.64. The molecule has 9 heteroatoms. The summed E-state index contributed by atoms with van der Waals surface area (Å²) in [6.07, 6.45) is -1.76. The van der Waals surface area contributed by atoms with Crippen molar-refractivity contribution in [2.75, 3.05) is 26.2 Å². The molecular formula is C24H25F3N4OS. The van der Waals surface area contributed by atoms with Crippen molar-refractivity contribution in [2.45, 2.75) is 26.4 Å². The van der Waals surface area contributed by atoms with Gasteiger partial charge in [0.15, 0.2) is 4.96 Å². The highest BCUT2D eigenvalue weighted by Gasteiger charge is 2.29. The molecule has 33 heavy (non-hydrogen) atoms. The van der Waals surface area contributed by atoms with E-state index in [0.29, 0.717) is 25.1 Å². The first-order valence-corrected chi connectivity index (χ1v) is 11.6. The van der Waals surface area contributed by atoms with Crippen LogP contribution in [0, 0.1) is 6.92 Å². The van der Waals surface area contributed by atoms with Crippen molar-refractivity contribution in [1.29, 1.82) is 0 Å². The van der Waals surface area contributed by atoms with E-state index in [2.05, 4.69) is 11.4 Å². The SMILES string of the molecule is CCN(CCCNC(=O)c1ccc2c(c1)sc1nc(-c3cccc(C)c3)cn12)CC(F)(F)F. The van der Waals surface area contributed by atoms with Gasteiger partial charge in [-0.3, -0.25) is 14.1 Å². The normalized spacial score (nSPS) is 12.2. The number of nitrogens with one attached hydrogen (secondary N) is 1. The highest BCUT2D eigenvalue weighted by molar-refractivity contribution is 7.23. The van der Waals surface area contributed by atoms with Gasteiger partial charge in [-0.2, -0.15) is 13.2 Å². The number of amides is 1. The molecule has 0 aliphatic heterocycles. The van der Waals surface area contributed by atoms with E-state index < -0.39 is 12.7 Å². The Morgan fingerprint density at radius 2 is 2.03 bits per heavy atom. The predicted octanol–water partition coefficient (Wildman–Crippen LogP) is 5.53. The fourth-order valence-electron chi connectivity index (χ4n) is 3.79. The van der Waals surface area contributed by atoms with Crippen LogP contribution >= 0.6 is 11.3 Å². The van der Waals surface area contributed by atoms with Gasteiger partial charge >= 0.3 is 6.18 Å². The molecule has 0 saturated heterocycles. The van der Waals surface area contributed by atoms with Gasteiger partial charge in [0.1, 0.15) is 0 Å². The van der Waals surface area contributed by atoms with Crippen molar-refractivity contribution in [3.63, 3.8) is 0 Å². The van der Waals surface area contributed by atoms with Crippen LogP contribution < -0.4 is 5.32 Å². The Hall–Kier alpha value is -2.91. The molecule has 5 nitrogen and oxygen atoms in total. The molecule has 174 valence electrons. The second kappa shape index (κ2) is 9.52. The van der Waals surface area contributed by atoms with E-state index in [0.717, 1.165) is 26.4 Å². The number of hydrogen-bond donors (Lipinski definition) is 1. The minimum Gasteiger partial charge on any atom is -0.352 e. The predicted molar refractivity (Wildman–Crippen MR) is 126 cm³/mol. The second-order valence-electron chi connectivity index (χ2n) is 8.03. The molecule has 0 aliphatic rings. The van der Waals surface area contributed by atoms with E-state index in [4.69, 9.17) is 4.98 Å². The summed E-state index contributed by atoms with van der Waals surface area (Å²) in [7, 11) is 0. The first-order valence-electron chi connectivity index (χ1n) is 10.8. The van der Waals surface area contributed by atoms with Crippen LogP contribution in [-0.2, 0) is 0 Å². The van der Waals surface area contributed by atoms with E-state index in [1.54, 1.807) is 13.0 Å². The zero-order chi connectivity index (χ0) is 23.6. The number of hydrogen-bond acceptors (Lipinski definition) is 4. The number of fused-ring (bicyclic) bond motifs is 3. The topological polar surface area (TPSA) is 49.6 Å². The Kier molecular flexibility index (Phi) is 6.71. The molecule has 0 atom stereocenters. The van der Waals surface area contributed by atoms with Crippen LogP contribution in [-0.4, -0.2) is 52.5 Å². The number of halogens is 3. The minimum atomic E-state index is -4.21. The van der Waals surface area contributed by atoms with E-state index in [1.807, 2.05) is 47.9 Å². The largest absolute Gasteiger partial charge is 0.401 e. The van der Waals surface area contributed by atoms with Gasteiger partial charge in [0.25, 0.3) is 5.91 Å². The molecule has 1 N–H and O–H groups in total. The molecule has 0 fully saturated rings. The number of aryl methyl sites for hydroxylation is 1. The molecule has 0 unspecified atom stereocenters. The monoisotopic (exact) mass is 474 g/mol. The average molecular weight is 475 g/mol. The van der Waals surface area contributed by atoms with Crippen molar-refractivity contribution in [3.05, 3.63) is 59.8 Å². The third-order valence-electron chi connectivity index (χ3n) is 5.46. The lowest BCUT2D eigenvalue weighted by molar-refractivity contribution is -0.145. The van der Waals surface area contributed by atoms with Crippen molar-refractivity contribution < 1.29 is 18.0 Å². The Labute approximate surface area is 193 Å². The van der Waals surface area contributed by atoms with Crippen LogP contribution in [0.4, 0.5) is 13.2 Å². The number of alkyl halides is 3. The smallest absolute Gasteiger partial charge is 0.352 e. The van der Waals surface area contributed by atoms with E-state index in [-0.39, 0.29) is 12.5 Å². The van der Waals surface area contributed by atoms with E-state index >= 15 is 0 Å². The zero-order valence-corrected chi connectivity index (χ0v) is 19.3. The first kappa shape index (κ1) is 23.3. The first-order chi connectivity index (χ1) is 15.7. The number of carbonyl (C=O) groups excluding carboxylic acids is 1. The number of nitrogens with zero attached hydrogens (tertiary/aromatic N) is 3. The fraction of sp³-hybridized carbons (Fsp3) is 0.333. The number of imidazole rings is 1. The molecule has 4 rings (SSSR count). The maximum atomic E-state index is 12.5. The summed E-state index contributed by atoms with van der Waals surface area (Å²) in [5.74, 6) is -0.234. The summed E-state index contributed by atoms with van der Waals surface area (Å²) in [5, 5.41) is 2.80. The molecule has 2 heterocycles. The quantitative estimate of drug-likeness (QED) is 0.342. The molecule has 0 radical (unpaired) electrons. The molecule has 0 aliphatic carbocycles. The van der Waals surface area contributed by atoms with Crippen LogP contribution in [0.1, 0.15) is 29.3 Å². The van der Waals surface area contributed by atoms with Gasteiger partial charge in [0.2, 0.25) is 0 Å². The Morgan fingerprint density at radius 3 is 2.76 bits per heavy atom. The Bertz CT molecular complexity index is 1280. The van der Waals surface area contributed by atoms with Crippen LogP contribution in [0.2, 0.25) is 0 Å². The number of aromatic nitrogens is 2. The van der Waals surface area contributed by atoms with Gasteiger partial charge in [0, 0.05) is 30.4 Å². The summed E-state index contributed by atoms with van der Waals surface area (Å²) >= 11 is 1.51. The van der Waals surface area contributed by atoms with Crippen molar-refractivity contribution in [3.8, 4) is 11.3 Å². The molecular weight excluding hydrogens is 449 g/mol. The van der Waals surface area contributed by atoms with Crippen molar-refractivity contribution in [2.24, 2.45) is 0 Å². The molecule has 4 aromatic rings. The lowest BCUT2D eigenvalue weighted by atomic mass is 10.1. The lowest BCUT2D eigenvalue weighted by Crippen LogP contribution is -2.36. The Morgan fingerprint density at radius 1 is 1.21 bits per heavy atom. The molecule has 0 saturated carbocycles. The van der Waals surface area contributed by atoms with Gasteiger partial charge in [0.05, 0.1) is 22.5 Å². The van der Waals surface area contributed by atoms with Crippen molar-refractivity contribution in [1.82, 2.24) is 19.6 Å². The highest BCUT2D eigenvalue weighted by Crippen LogP contribution is 2.30. The molecule has 0 spiro atoms. The average Bonchev–Trinajstić information content (AvgIpc) is 3.32. The number of thiazole rings is 1. The van der Waals surface area contributed by atoms with E-state index in [1.165, 1.54) is 21.8 Å². The zero-order valence-electron chi connectivity index (χ0n) is 18.4. The second-order valence-corrected chi connectivity index (χ2v) is 9.04. The number of rotatable bonds is 8. The van der Waals surface area contributed by atoms with Crippen LogP contribution in [0.5, 0.6) is 0 Å². The number of benzene rings is 2. The molecule has 2 aromatic carbocycles.